The molecule has 0 unspecified atom stereocenters. The molecule has 1 atom stereocenters. The Labute approximate surface area is 203 Å². The zero-order chi connectivity index (χ0) is 25.4. The van der Waals surface area contributed by atoms with Crippen molar-refractivity contribution in [3.63, 3.8) is 0 Å². The largest absolute Gasteiger partial charge is 0.497 e. The van der Waals surface area contributed by atoms with Crippen molar-refractivity contribution >= 4 is 29.5 Å². The average Bonchev–Trinajstić information content (AvgIpc) is 3.15. The lowest BCUT2D eigenvalue weighted by Crippen LogP contribution is -2.39. The quantitative estimate of drug-likeness (QED) is 0.362. The van der Waals surface area contributed by atoms with Gasteiger partial charge in [-0.25, -0.2) is 9.48 Å². The zero-order valence-corrected chi connectivity index (χ0v) is 20.1. The highest BCUT2D eigenvalue weighted by Gasteiger charge is 2.19. The minimum absolute atomic E-state index is 0.464. The summed E-state index contributed by atoms with van der Waals surface area (Å²) in [4.78, 5) is 36.7. The Balaban J connectivity index is 1.49. The van der Waals surface area contributed by atoms with Gasteiger partial charge >= 0.3 is 5.97 Å². The number of para-hydroxylation sites is 1. The van der Waals surface area contributed by atoms with E-state index in [9.17, 15) is 14.4 Å². The molecular weight excluding hydrogens is 448 g/mol. The number of carbonyl (C=O) groups is 3. The van der Waals surface area contributed by atoms with Crippen molar-refractivity contribution in [2.45, 2.75) is 26.8 Å². The van der Waals surface area contributed by atoms with Crippen LogP contribution in [0.5, 0.6) is 5.75 Å². The first kappa shape index (κ1) is 25.2. The fraction of sp³-hybridized carbons (Fsp3) is 0.231. The molecule has 0 fully saturated rings. The molecule has 9 heteroatoms. The van der Waals surface area contributed by atoms with Gasteiger partial charge in [-0.05, 0) is 56.7 Å². The Hall–Kier alpha value is -4.40. The van der Waals surface area contributed by atoms with Gasteiger partial charge in [0.1, 0.15) is 11.8 Å². The van der Waals surface area contributed by atoms with Crippen molar-refractivity contribution in [1.29, 1.82) is 0 Å². The molecule has 0 saturated carbocycles. The van der Waals surface area contributed by atoms with Gasteiger partial charge < -0.3 is 20.1 Å². The molecule has 1 aromatic heterocycles. The number of rotatable bonds is 9. The molecule has 9 nitrogen and oxygen atoms in total. The highest BCUT2D eigenvalue weighted by molar-refractivity contribution is 5.96. The number of aryl methyl sites for hydroxylation is 1. The molecule has 0 spiro atoms. The van der Waals surface area contributed by atoms with E-state index in [1.165, 1.54) is 13.0 Å². The van der Waals surface area contributed by atoms with E-state index < -0.39 is 30.4 Å². The van der Waals surface area contributed by atoms with Gasteiger partial charge in [-0.1, -0.05) is 30.3 Å². The van der Waals surface area contributed by atoms with Crippen LogP contribution in [0.1, 0.15) is 23.9 Å². The standard InChI is InChI=1S/C26H28N4O5/c1-17-25(19(3)30(29-17)21-8-6-5-7-9-21)28-24(32)16-35-26(33)18(2)27-23(31)15-12-20-10-13-22(34-4)14-11-20/h5-15,18H,16H2,1-4H3,(H,27,31)(H,28,32)/b15-12+/t18-/m0/s1. The summed E-state index contributed by atoms with van der Waals surface area (Å²) in [6.45, 7) is 4.62. The maximum atomic E-state index is 12.4. The van der Waals surface area contributed by atoms with E-state index in [1.807, 2.05) is 37.3 Å². The number of esters is 1. The highest BCUT2D eigenvalue weighted by atomic mass is 16.5. The average molecular weight is 477 g/mol. The van der Waals surface area contributed by atoms with Crippen molar-refractivity contribution in [3.8, 4) is 11.4 Å². The lowest BCUT2D eigenvalue weighted by Gasteiger charge is -2.12. The van der Waals surface area contributed by atoms with Crippen LogP contribution in [0.4, 0.5) is 5.69 Å². The molecule has 3 aromatic rings. The fourth-order valence-corrected chi connectivity index (χ4v) is 3.29. The van der Waals surface area contributed by atoms with Crippen molar-refractivity contribution in [2.24, 2.45) is 0 Å². The predicted molar refractivity (Wildman–Crippen MR) is 132 cm³/mol. The topological polar surface area (TPSA) is 112 Å². The molecule has 0 radical (unpaired) electrons. The lowest BCUT2D eigenvalue weighted by atomic mass is 10.2. The number of aromatic nitrogens is 2. The van der Waals surface area contributed by atoms with Gasteiger partial charge in [-0.15, -0.1) is 0 Å². The molecule has 35 heavy (non-hydrogen) atoms. The van der Waals surface area contributed by atoms with Crippen LogP contribution in [0.25, 0.3) is 11.8 Å². The highest BCUT2D eigenvalue weighted by Crippen LogP contribution is 2.22. The van der Waals surface area contributed by atoms with Crippen LogP contribution in [0, 0.1) is 13.8 Å². The molecule has 0 aliphatic rings. The number of nitrogens with one attached hydrogen (secondary N) is 2. The second kappa shape index (κ2) is 11.6. The van der Waals surface area contributed by atoms with E-state index in [1.54, 1.807) is 49.1 Å². The maximum Gasteiger partial charge on any atom is 0.328 e. The molecule has 2 amide bonds. The van der Waals surface area contributed by atoms with Crippen LogP contribution < -0.4 is 15.4 Å². The normalized spacial score (nSPS) is 11.7. The summed E-state index contributed by atoms with van der Waals surface area (Å²) in [5.41, 5.74) is 3.60. The summed E-state index contributed by atoms with van der Waals surface area (Å²) >= 11 is 0. The second-order valence-electron chi connectivity index (χ2n) is 7.79. The number of carbonyl (C=O) groups excluding carboxylic acids is 3. The number of hydrogen-bond donors (Lipinski definition) is 2. The van der Waals surface area contributed by atoms with Crippen LogP contribution in [0.3, 0.4) is 0 Å². The smallest absolute Gasteiger partial charge is 0.328 e. The lowest BCUT2D eigenvalue weighted by molar-refractivity contribution is -0.149. The minimum atomic E-state index is -0.930. The van der Waals surface area contributed by atoms with Crippen LogP contribution in [-0.2, 0) is 19.1 Å². The number of benzene rings is 2. The van der Waals surface area contributed by atoms with Crippen molar-refractivity contribution in [1.82, 2.24) is 15.1 Å². The van der Waals surface area contributed by atoms with E-state index in [0.29, 0.717) is 17.1 Å². The number of hydrogen-bond acceptors (Lipinski definition) is 6. The summed E-state index contributed by atoms with van der Waals surface area (Å²) in [5.74, 6) is -0.980. The first-order valence-corrected chi connectivity index (χ1v) is 11.0. The Kier molecular flexibility index (Phi) is 8.39. The van der Waals surface area contributed by atoms with Gasteiger partial charge in [-0.2, -0.15) is 5.10 Å². The molecule has 0 aliphatic carbocycles. The van der Waals surface area contributed by atoms with Crippen LogP contribution in [0.15, 0.2) is 60.7 Å². The van der Waals surface area contributed by atoms with Gasteiger partial charge in [0.15, 0.2) is 6.61 Å². The third-order valence-electron chi connectivity index (χ3n) is 5.16. The minimum Gasteiger partial charge on any atom is -0.497 e. The molecular formula is C26H28N4O5. The van der Waals surface area contributed by atoms with Crippen molar-refractivity contribution in [3.05, 3.63) is 77.6 Å². The Morgan fingerprint density at radius 2 is 1.74 bits per heavy atom. The van der Waals surface area contributed by atoms with Gasteiger partial charge in [0.05, 0.1) is 29.9 Å². The number of ether oxygens (including phenoxy) is 2. The van der Waals surface area contributed by atoms with Crippen LogP contribution in [0.2, 0.25) is 0 Å². The second-order valence-corrected chi connectivity index (χ2v) is 7.79. The van der Waals surface area contributed by atoms with E-state index in [-0.39, 0.29) is 0 Å². The third-order valence-corrected chi connectivity index (χ3v) is 5.16. The third kappa shape index (κ3) is 6.80. The first-order valence-electron chi connectivity index (χ1n) is 11.0. The van der Waals surface area contributed by atoms with Gasteiger partial charge in [0.25, 0.3) is 5.91 Å². The number of anilines is 1. The number of methoxy groups -OCH3 is 1. The van der Waals surface area contributed by atoms with Crippen molar-refractivity contribution < 1.29 is 23.9 Å². The van der Waals surface area contributed by atoms with Gasteiger partial charge in [0.2, 0.25) is 5.91 Å². The Bertz CT molecular complexity index is 1220. The SMILES string of the molecule is COc1ccc(/C=C/C(=O)N[C@@H](C)C(=O)OCC(=O)Nc2c(C)nn(-c3ccccc3)c2C)cc1. The molecule has 1 heterocycles. The molecule has 0 aliphatic heterocycles. The first-order chi connectivity index (χ1) is 16.8. The molecule has 3 rings (SSSR count). The monoisotopic (exact) mass is 476 g/mol. The summed E-state index contributed by atoms with van der Waals surface area (Å²) in [7, 11) is 1.57. The van der Waals surface area contributed by atoms with E-state index in [2.05, 4.69) is 15.7 Å². The van der Waals surface area contributed by atoms with Crippen LogP contribution >= 0.6 is 0 Å². The van der Waals surface area contributed by atoms with Crippen molar-refractivity contribution in [2.75, 3.05) is 19.0 Å². The zero-order valence-electron chi connectivity index (χ0n) is 20.1. The van der Waals surface area contributed by atoms with Gasteiger partial charge in [0, 0.05) is 6.08 Å². The summed E-state index contributed by atoms with van der Waals surface area (Å²) in [6.07, 6.45) is 2.93. The molecule has 2 N–H and O–H groups in total. The van der Waals surface area contributed by atoms with E-state index in [4.69, 9.17) is 9.47 Å². The Morgan fingerprint density at radius 3 is 2.40 bits per heavy atom. The van der Waals surface area contributed by atoms with Gasteiger partial charge in [-0.3, -0.25) is 9.59 Å². The molecule has 0 saturated heterocycles. The fourth-order valence-electron chi connectivity index (χ4n) is 3.29. The number of amides is 2. The summed E-state index contributed by atoms with van der Waals surface area (Å²) < 4.78 is 11.9. The maximum absolute atomic E-state index is 12.4. The van der Waals surface area contributed by atoms with Crippen LogP contribution in [-0.4, -0.2) is 47.3 Å². The molecule has 182 valence electrons. The van der Waals surface area contributed by atoms with E-state index in [0.717, 1.165) is 16.9 Å². The molecule has 0 bridgehead atoms. The summed E-state index contributed by atoms with van der Waals surface area (Å²) in [6, 6.07) is 15.8. The Morgan fingerprint density at radius 1 is 1.06 bits per heavy atom. The predicted octanol–water partition coefficient (Wildman–Crippen LogP) is 3.20. The van der Waals surface area contributed by atoms with E-state index >= 15 is 0 Å². The summed E-state index contributed by atoms with van der Waals surface area (Å²) in [5, 5.41) is 9.73. The molecule has 2 aromatic carbocycles. The number of nitrogens with zero attached hydrogens (tertiary/aromatic N) is 2.